The van der Waals surface area contributed by atoms with Crippen molar-refractivity contribution >= 4 is 0 Å². The molecule has 2 rings (SSSR count). The zero-order chi connectivity index (χ0) is 9.47. The zero-order valence-corrected chi connectivity index (χ0v) is 8.50. The van der Waals surface area contributed by atoms with Gasteiger partial charge in [-0.25, -0.2) is 4.68 Å². The minimum absolute atomic E-state index is 0.212. The van der Waals surface area contributed by atoms with Crippen LogP contribution >= 0.6 is 0 Å². The van der Waals surface area contributed by atoms with Gasteiger partial charge < -0.3 is 4.74 Å². The molecule has 13 heavy (non-hydrogen) atoms. The summed E-state index contributed by atoms with van der Waals surface area (Å²) in [5.74, 6) is 0.974. The van der Waals surface area contributed by atoms with E-state index in [4.69, 9.17) is 4.74 Å². The Hall–Kier alpha value is -0.990. The van der Waals surface area contributed by atoms with Gasteiger partial charge in [-0.3, -0.25) is 0 Å². The second-order valence-corrected chi connectivity index (χ2v) is 4.44. The van der Waals surface area contributed by atoms with Gasteiger partial charge in [0.2, 0.25) is 5.88 Å². The lowest BCUT2D eigenvalue weighted by atomic mass is 9.94. The van der Waals surface area contributed by atoms with E-state index in [0.717, 1.165) is 25.5 Å². The molecule has 0 fully saturated rings. The smallest absolute Gasteiger partial charge is 0.215 e. The third kappa shape index (κ3) is 1.43. The molecule has 0 saturated carbocycles. The highest BCUT2D eigenvalue weighted by molar-refractivity contribution is 5.25. The van der Waals surface area contributed by atoms with Crippen molar-refractivity contribution in [3.8, 4) is 5.88 Å². The molecule has 0 N–H and O–H groups in total. The van der Waals surface area contributed by atoms with Gasteiger partial charge in [-0.15, -0.1) is 0 Å². The molecule has 2 heterocycles. The molecule has 0 bridgehead atoms. The number of hydrogen-bond donors (Lipinski definition) is 0. The first-order chi connectivity index (χ1) is 6.12. The maximum absolute atomic E-state index is 5.70. The zero-order valence-electron chi connectivity index (χ0n) is 8.50. The number of nitrogens with zero attached hydrogens (tertiary/aromatic N) is 2. The van der Waals surface area contributed by atoms with Gasteiger partial charge in [-0.2, -0.15) is 5.10 Å². The summed E-state index contributed by atoms with van der Waals surface area (Å²) in [5, 5.41) is 4.31. The number of aryl methyl sites for hydroxylation is 1. The van der Waals surface area contributed by atoms with E-state index in [9.17, 15) is 0 Å². The van der Waals surface area contributed by atoms with Gasteiger partial charge in [0, 0.05) is 11.0 Å². The van der Waals surface area contributed by atoms with Gasteiger partial charge in [0.25, 0.3) is 0 Å². The first-order valence-corrected chi connectivity index (χ1v) is 4.80. The van der Waals surface area contributed by atoms with Crippen molar-refractivity contribution in [3.63, 3.8) is 0 Å². The topological polar surface area (TPSA) is 27.1 Å². The van der Waals surface area contributed by atoms with Crippen LogP contribution in [0.5, 0.6) is 5.88 Å². The molecule has 72 valence electrons. The Morgan fingerprint density at radius 2 is 2.38 bits per heavy atom. The number of fused-ring (bicyclic) bond motifs is 1. The molecule has 1 aromatic heterocycles. The van der Waals surface area contributed by atoms with Crippen LogP contribution in [0.4, 0.5) is 0 Å². The normalized spacial score (nSPS) is 19.3. The van der Waals surface area contributed by atoms with Crippen LogP contribution in [0.25, 0.3) is 0 Å². The molecule has 1 aromatic rings. The predicted molar refractivity (Wildman–Crippen MR) is 50.9 cm³/mol. The van der Waals surface area contributed by atoms with Crippen LogP contribution in [0, 0.1) is 5.41 Å². The Morgan fingerprint density at radius 1 is 1.62 bits per heavy atom. The van der Waals surface area contributed by atoms with E-state index in [1.165, 1.54) is 5.56 Å². The highest BCUT2D eigenvalue weighted by Crippen LogP contribution is 2.30. The van der Waals surface area contributed by atoms with E-state index >= 15 is 0 Å². The number of hydrogen-bond acceptors (Lipinski definition) is 2. The van der Waals surface area contributed by atoms with Crippen molar-refractivity contribution < 1.29 is 4.74 Å². The quantitative estimate of drug-likeness (QED) is 0.659. The first-order valence-electron chi connectivity index (χ1n) is 4.80. The summed E-state index contributed by atoms with van der Waals surface area (Å²) in [7, 11) is 0. The Labute approximate surface area is 78.7 Å². The lowest BCUT2D eigenvalue weighted by Gasteiger charge is -2.30. The van der Waals surface area contributed by atoms with E-state index in [-0.39, 0.29) is 5.41 Å². The van der Waals surface area contributed by atoms with Crippen LogP contribution in [0.2, 0.25) is 0 Å². The lowest BCUT2D eigenvalue weighted by Crippen LogP contribution is -2.33. The second kappa shape index (κ2) is 2.76. The summed E-state index contributed by atoms with van der Waals surface area (Å²) < 4.78 is 7.68. The SMILES string of the molecule is CCc1cnn2c1OCC(C)(C)C2. The summed E-state index contributed by atoms with van der Waals surface area (Å²) >= 11 is 0. The Kier molecular flexibility index (Phi) is 1.82. The van der Waals surface area contributed by atoms with Gasteiger partial charge in [0.1, 0.15) is 0 Å². The largest absolute Gasteiger partial charge is 0.477 e. The van der Waals surface area contributed by atoms with Crippen molar-refractivity contribution in [1.29, 1.82) is 0 Å². The van der Waals surface area contributed by atoms with Crippen molar-refractivity contribution in [2.75, 3.05) is 6.61 Å². The van der Waals surface area contributed by atoms with Gasteiger partial charge in [0.05, 0.1) is 19.3 Å². The maximum Gasteiger partial charge on any atom is 0.215 e. The Bertz CT molecular complexity index is 315. The molecule has 0 unspecified atom stereocenters. The van der Waals surface area contributed by atoms with Gasteiger partial charge in [-0.1, -0.05) is 20.8 Å². The Balaban J connectivity index is 2.33. The summed E-state index contributed by atoms with van der Waals surface area (Å²) in [5.41, 5.74) is 1.43. The Morgan fingerprint density at radius 3 is 3.08 bits per heavy atom. The van der Waals surface area contributed by atoms with Crippen LogP contribution in [0.15, 0.2) is 6.20 Å². The molecule has 0 radical (unpaired) electrons. The summed E-state index contributed by atoms with van der Waals surface area (Å²) in [6, 6.07) is 0. The van der Waals surface area contributed by atoms with Crippen molar-refractivity contribution in [3.05, 3.63) is 11.8 Å². The molecule has 3 heteroatoms. The lowest BCUT2D eigenvalue weighted by molar-refractivity contribution is 0.0993. The van der Waals surface area contributed by atoms with E-state index in [1.54, 1.807) is 0 Å². The predicted octanol–water partition coefficient (Wildman–Crippen LogP) is 1.86. The molecule has 0 aromatic carbocycles. The maximum atomic E-state index is 5.70. The molecule has 0 aliphatic carbocycles. The molecular formula is C10H16N2O. The summed E-state index contributed by atoms with van der Waals surface area (Å²) in [6.45, 7) is 8.28. The molecule has 3 nitrogen and oxygen atoms in total. The highest BCUT2D eigenvalue weighted by atomic mass is 16.5. The molecule has 1 aliphatic rings. The van der Waals surface area contributed by atoms with E-state index in [0.29, 0.717) is 0 Å². The molecule has 1 aliphatic heterocycles. The van der Waals surface area contributed by atoms with Crippen molar-refractivity contribution in [2.24, 2.45) is 5.41 Å². The number of aromatic nitrogens is 2. The van der Waals surface area contributed by atoms with Crippen LogP contribution in [0.3, 0.4) is 0 Å². The minimum atomic E-state index is 0.212. The minimum Gasteiger partial charge on any atom is -0.477 e. The van der Waals surface area contributed by atoms with E-state index in [1.807, 2.05) is 10.9 Å². The standard InChI is InChI=1S/C10H16N2O/c1-4-8-5-11-12-6-10(2,3)7-13-9(8)12/h5H,4,6-7H2,1-3H3. The summed E-state index contributed by atoms with van der Waals surface area (Å²) in [6.07, 6.45) is 2.91. The van der Waals surface area contributed by atoms with Crippen molar-refractivity contribution in [2.45, 2.75) is 33.7 Å². The average Bonchev–Trinajstić information content (AvgIpc) is 2.44. The molecular weight excluding hydrogens is 164 g/mol. The monoisotopic (exact) mass is 180 g/mol. The van der Waals surface area contributed by atoms with Gasteiger partial charge in [-0.05, 0) is 6.42 Å². The van der Waals surface area contributed by atoms with Crippen LogP contribution in [-0.2, 0) is 13.0 Å². The van der Waals surface area contributed by atoms with Crippen LogP contribution in [0.1, 0.15) is 26.3 Å². The fraction of sp³-hybridized carbons (Fsp3) is 0.700. The van der Waals surface area contributed by atoms with Gasteiger partial charge in [0.15, 0.2) is 0 Å². The third-order valence-corrected chi connectivity index (χ3v) is 2.42. The molecule has 0 spiro atoms. The average molecular weight is 180 g/mol. The van der Waals surface area contributed by atoms with Gasteiger partial charge >= 0.3 is 0 Å². The first kappa shape index (κ1) is 8.60. The van der Waals surface area contributed by atoms with Crippen molar-refractivity contribution in [1.82, 2.24) is 9.78 Å². The fourth-order valence-electron chi connectivity index (χ4n) is 1.65. The fourth-order valence-corrected chi connectivity index (χ4v) is 1.65. The van der Waals surface area contributed by atoms with E-state index in [2.05, 4.69) is 25.9 Å². The van der Waals surface area contributed by atoms with Crippen LogP contribution in [-0.4, -0.2) is 16.4 Å². The molecule has 0 amide bonds. The number of rotatable bonds is 1. The number of ether oxygens (including phenoxy) is 1. The molecule has 0 saturated heterocycles. The summed E-state index contributed by atoms with van der Waals surface area (Å²) in [4.78, 5) is 0. The highest BCUT2D eigenvalue weighted by Gasteiger charge is 2.28. The molecule has 0 atom stereocenters. The third-order valence-electron chi connectivity index (χ3n) is 2.42. The van der Waals surface area contributed by atoms with Crippen LogP contribution < -0.4 is 4.74 Å². The van der Waals surface area contributed by atoms with E-state index < -0.39 is 0 Å². The second-order valence-electron chi connectivity index (χ2n) is 4.44.